The highest BCUT2D eigenvalue weighted by Crippen LogP contribution is 2.26. The highest BCUT2D eigenvalue weighted by molar-refractivity contribution is 7.91. The standard InChI is InChI=1S/C18H17FN4O4S2/c19-12-3-1-11(2-4-12)15-9-28-18(20-15)21-17(25)14-5-6-16(24)23(22-14)13-7-8-29(26,27)10-13/h1-4,9,13H,5-8,10H2,(H,20,21,25)/t13-/m0/s1. The third-order valence-corrected chi connectivity index (χ3v) is 7.25. The van der Waals surface area contributed by atoms with E-state index in [0.29, 0.717) is 17.2 Å². The van der Waals surface area contributed by atoms with Crippen LogP contribution in [0.15, 0.2) is 34.7 Å². The summed E-state index contributed by atoms with van der Waals surface area (Å²) in [4.78, 5) is 29.1. The smallest absolute Gasteiger partial charge is 0.273 e. The maximum absolute atomic E-state index is 13.0. The molecule has 0 spiro atoms. The molecule has 0 radical (unpaired) electrons. The Morgan fingerprint density at radius 3 is 2.69 bits per heavy atom. The van der Waals surface area contributed by atoms with Gasteiger partial charge < -0.3 is 0 Å². The van der Waals surface area contributed by atoms with Gasteiger partial charge in [0, 0.05) is 23.8 Å². The number of sulfone groups is 1. The number of benzene rings is 1. The molecule has 4 rings (SSSR count). The zero-order valence-corrected chi connectivity index (χ0v) is 16.8. The monoisotopic (exact) mass is 436 g/mol. The number of hydrogen-bond donors (Lipinski definition) is 1. The summed E-state index contributed by atoms with van der Waals surface area (Å²) < 4.78 is 36.4. The average molecular weight is 436 g/mol. The van der Waals surface area contributed by atoms with Crippen molar-refractivity contribution in [3.8, 4) is 11.3 Å². The Morgan fingerprint density at radius 2 is 2.00 bits per heavy atom. The molecule has 1 fully saturated rings. The van der Waals surface area contributed by atoms with Gasteiger partial charge in [-0.2, -0.15) is 5.10 Å². The normalized spacial score (nSPS) is 21.1. The van der Waals surface area contributed by atoms with E-state index in [1.165, 1.54) is 23.5 Å². The van der Waals surface area contributed by atoms with Crippen molar-refractivity contribution >= 4 is 43.8 Å². The molecule has 29 heavy (non-hydrogen) atoms. The predicted molar refractivity (Wildman–Crippen MR) is 107 cm³/mol. The first-order chi connectivity index (χ1) is 13.8. The molecule has 0 saturated carbocycles. The first-order valence-corrected chi connectivity index (χ1v) is 11.6. The summed E-state index contributed by atoms with van der Waals surface area (Å²) in [6.45, 7) is 0. The maximum Gasteiger partial charge on any atom is 0.273 e. The van der Waals surface area contributed by atoms with E-state index in [9.17, 15) is 22.4 Å². The lowest BCUT2D eigenvalue weighted by Gasteiger charge is -2.27. The summed E-state index contributed by atoms with van der Waals surface area (Å²) in [5, 5.41) is 10.0. The lowest BCUT2D eigenvalue weighted by atomic mass is 10.1. The van der Waals surface area contributed by atoms with Gasteiger partial charge in [0.2, 0.25) is 5.91 Å². The minimum absolute atomic E-state index is 0.0176. The van der Waals surface area contributed by atoms with Crippen LogP contribution in [0.2, 0.25) is 0 Å². The number of thiazole rings is 1. The van der Waals surface area contributed by atoms with Gasteiger partial charge in [-0.05, 0) is 30.7 Å². The summed E-state index contributed by atoms with van der Waals surface area (Å²) in [5.74, 6) is -1.23. The van der Waals surface area contributed by atoms with Crippen LogP contribution < -0.4 is 5.32 Å². The van der Waals surface area contributed by atoms with Crippen molar-refractivity contribution in [1.29, 1.82) is 0 Å². The van der Waals surface area contributed by atoms with Crippen LogP contribution in [0.25, 0.3) is 11.3 Å². The number of rotatable bonds is 4. The maximum atomic E-state index is 13.0. The van der Waals surface area contributed by atoms with Gasteiger partial charge in [-0.25, -0.2) is 22.8 Å². The molecule has 2 aromatic rings. The summed E-state index contributed by atoms with van der Waals surface area (Å²) >= 11 is 1.22. The second kappa shape index (κ2) is 7.64. The molecule has 0 aliphatic carbocycles. The van der Waals surface area contributed by atoms with Crippen molar-refractivity contribution in [3.05, 3.63) is 35.5 Å². The summed E-state index contributed by atoms with van der Waals surface area (Å²) in [6.07, 6.45) is 0.596. The topological polar surface area (TPSA) is 109 Å². The molecule has 2 aliphatic heterocycles. The summed E-state index contributed by atoms with van der Waals surface area (Å²) in [7, 11) is -3.18. The molecule has 1 aromatic carbocycles. The summed E-state index contributed by atoms with van der Waals surface area (Å²) in [6, 6.07) is 5.33. The van der Waals surface area contributed by atoms with Gasteiger partial charge in [0.25, 0.3) is 5.91 Å². The molecule has 0 bridgehead atoms. The van der Waals surface area contributed by atoms with Crippen LogP contribution in [0.4, 0.5) is 9.52 Å². The van der Waals surface area contributed by atoms with Gasteiger partial charge in [-0.15, -0.1) is 11.3 Å². The fourth-order valence-corrected chi connectivity index (χ4v) is 5.65. The molecular weight excluding hydrogens is 419 g/mol. The van der Waals surface area contributed by atoms with E-state index in [4.69, 9.17) is 0 Å². The first-order valence-electron chi connectivity index (χ1n) is 8.93. The zero-order valence-electron chi connectivity index (χ0n) is 15.2. The highest BCUT2D eigenvalue weighted by atomic mass is 32.2. The number of hydrogen-bond acceptors (Lipinski definition) is 7. The number of nitrogens with zero attached hydrogens (tertiary/aromatic N) is 3. The largest absolute Gasteiger partial charge is 0.297 e. The molecule has 1 saturated heterocycles. The number of hydrazone groups is 1. The van der Waals surface area contributed by atoms with E-state index >= 15 is 0 Å². The Balaban J connectivity index is 1.47. The van der Waals surface area contributed by atoms with Crippen LogP contribution in [-0.2, 0) is 19.4 Å². The number of carbonyl (C=O) groups is 2. The predicted octanol–water partition coefficient (Wildman–Crippen LogP) is 2.05. The number of amides is 2. The molecule has 11 heteroatoms. The fourth-order valence-electron chi connectivity index (χ4n) is 3.24. The van der Waals surface area contributed by atoms with Crippen LogP contribution in [-0.4, -0.2) is 53.5 Å². The Kier molecular flexibility index (Phi) is 5.17. The number of carbonyl (C=O) groups excluding carboxylic acids is 2. The van der Waals surface area contributed by atoms with Gasteiger partial charge in [-0.3, -0.25) is 14.9 Å². The number of anilines is 1. The van der Waals surface area contributed by atoms with E-state index in [2.05, 4.69) is 15.4 Å². The second-order valence-electron chi connectivity index (χ2n) is 6.84. The quantitative estimate of drug-likeness (QED) is 0.789. The van der Waals surface area contributed by atoms with Crippen molar-refractivity contribution in [2.75, 3.05) is 16.8 Å². The number of halogens is 1. The van der Waals surface area contributed by atoms with Gasteiger partial charge >= 0.3 is 0 Å². The molecule has 8 nitrogen and oxygen atoms in total. The molecule has 1 atom stereocenters. The highest BCUT2D eigenvalue weighted by Gasteiger charge is 2.37. The van der Waals surface area contributed by atoms with Crippen LogP contribution in [0.5, 0.6) is 0 Å². The summed E-state index contributed by atoms with van der Waals surface area (Å²) in [5.41, 5.74) is 1.48. The fraction of sp³-hybridized carbons (Fsp3) is 0.333. The minimum Gasteiger partial charge on any atom is -0.297 e. The Hall–Kier alpha value is -2.66. The first kappa shape index (κ1) is 19.6. The van der Waals surface area contributed by atoms with Crippen LogP contribution in [0.3, 0.4) is 0 Å². The van der Waals surface area contributed by atoms with Crippen molar-refractivity contribution in [2.24, 2.45) is 5.10 Å². The third kappa shape index (κ3) is 4.35. The molecule has 2 aliphatic rings. The van der Waals surface area contributed by atoms with Crippen molar-refractivity contribution in [1.82, 2.24) is 9.99 Å². The minimum atomic E-state index is -3.18. The van der Waals surface area contributed by atoms with Gasteiger partial charge in [0.1, 0.15) is 11.5 Å². The van der Waals surface area contributed by atoms with Crippen LogP contribution >= 0.6 is 11.3 Å². The van der Waals surface area contributed by atoms with E-state index in [0.717, 1.165) is 10.6 Å². The van der Waals surface area contributed by atoms with Crippen molar-refractivity contribution in [3.63, 3.8) is 0 Å². The zero-order chi connectivity index (χ0) is 20.6. The molecule has 2 amide bonds. The van der Waals surface area contributed by atoms with Gasteiger partial charge in [0.05, 0.1) is 23.2 Å². The average Bonchev–Trinajstić information content (AvgIpc) is 3.29. The number of nitrogens with one attached hydrogen (secondary N) is 1. The molecule has 1 aromatic heterocycles. The Labute approximate surface area is 170 Å². The third-order valence-electron chi connectivity index (χ3n) is 4.74. The molecule has 3 heterocycles. The molecular formula is C18H17FN4O4S2. The van der Waals surface area contributed by atoms with Gasteiger partial charge in [-0.1, -0.05) is 0 Å². The van der Waals surface area contributed by atoms with E-state index < -0.39 is 21.8 Å². The number of aromatic nitrogens is 1. The molecule has 1 N–H and O–H groups in total. The van der Waals surface area contributed by atoms with Crippen LogP contribution in [0.1, 0.15) is 19.3 Å². The lowest BCUT2D eigenvalue weighted by Crippen LogP contribution is -2.42. The van der Waals surface area contributed by atoms with Crippen molar-refractivity contribution in [2.45, 2.75) is 25.3 Å². The van der Waals surface area contributed by atoms with E-state index in [1.54, 1.807) is 17.5 Å². The van der Waals surface area contributed by atoms with E-state index in [1.807, 2.05) is 0 Å². The second-order valence-corrected chi connectivity index (χ2v) is 9.93. The molecule has 0 unspecified atom stereocenters. The molecule has 152 valence electrons. The SMILES string of the molecule is O=C(Nc1nc(-c2ccc(F)cc2)cs1)C1=NN([C@H]2CCS(=O)(=O)C2)C(=O)CC1. The van der Waals surface area contributed by atoms with Gasteiger partial charge in [0.15, 0.2) is 15.0 Å². The Bertz CT molecular complexity index is 1100. The van der Waals surface area contributed by atoms with Crippen LogP contribution in [0, 0.1) is 5.82 Å². The Morgan fingerprint density at radius 1 is 1.24 bits per heavy atom. The van der Waals surface area contributed by atoms with E-state index in [-0.39, 0.29) is 41.8 Å². The lowest BCUT2D eigenvalue weighted by molar-refractivity contribution is -0.133. The van der Waals surface area contributed by atoms with Crippen molar-refractivity contribution < 1.29 is 22.4 Å².